The number of esters is 1. The molecule has 1 amide bonds. The van der Waals surface area contributed by atoms with Crippen LogP contribution in [0.5, 0.6) is 0 Å². The lowest BCUT2D eigenvalue weighted by Gasteiger charge is -2.57. The predicted octanol–water partition coefficient (Wildman–Crippen LogP) is 8.38. The molecule has 1 heterocycles. The number of rotatable bonds is 7. The van der Waals surface area contributed by atoms with Gasteiger partial charge in [0.05, 0.1) is 6.42 Å². The number of hydrogen-bond acceptors (Lipinski definition) is 5. The summed E-state index contributed by atoms with van der Waals surface area (Å²) in [5.41, 5.74) is 9.89. The number of amides is 1. The van der Waals surface area contributed by atoms with Gasteiger partial charge >= 0.3 is 5.97 Å². The molecule has 0 radical (unpaired) electrons. The third-order valence-corrected chi connectivity index (χ3v) is 10.4. The summed E-state index contributed by atoms with van der Waals surface area (Å²) >= 11 is 0. The third kappa shape index (κ3) is 9.04. The van der Waals surface area contributed by atoms with E-state index in [0.717, 1.165) is 31.6 Å². The second-order valence-corrected chi connectivity index (χ2v) is 13.4. The predicted molar refractivity (Wildman–Crippen MR) is 177 cm³/mol. The molecule has 2 fully saturated rings. The van der Waals surface area contributed by atoms with E-state index in [1.54, 1.807) is 0 Å². The molecule has 0 saturated heterocycles. The van der Waals surface area contributed by atoms with Gasteiger partial charge in [0.1, 0.15) is 6.10 Å². The SMILES string of the molecule is CC.CC12CCC(OC(=O)CCC(N)=O)CC1=CCC1C2CCC2(C)C(c3cccnc3)=CCC12.CCCC(C)C.O=CO. The fraction of sp³-hybridized carbons (Fsp3) is 0.676. The summed E-state index contributed by atoms with van der Waals surface area (Å²) in [5.74, 6) is 2.23. The lowest BCUT2D eigenvalue weighted by molar-refractivity contribution is -0.152. The number of aromatic nitrogens is 1. The maximum atomic E-state index is 12.1. The largest absolute Gasteiger partial charge is 0.483 e. The van der Waals surface area contributed by atoms with E-state index in [9.17, 15) is 9.59 Å². The number of carboxylic acid groups (broad SMARTS) is 1. The lowest BCUT2D eigenvalue weighted by atomic mass is 9.47. The summed E-state index contributed by atoms with van der Waals surface area (Å²) in [6.07, 6.45) is 19.2. The molecule has 3 N–H and O–H groups in total. The summed E-state index contributed by atoms with van der Waals surface area (Å²) in [4.78, 5) is 35.8. The van der Waals surface area contributed by atoms with E-state index in [2.05, 4.69) is 57.8 Å². The number of pyridine rings is 1. The van der Waals surface area contributed by atoms with Crippen molar-refractivity contribution in [3.05, 3.63) is 47.8 Å². The first-order valence-corrected chi connectivity index (χ1v) is 16.9. The number of allylic oxidation sites excluding steroid dienone is 3. The maximum absolute atomic E-state index is 12.1. The normalized spacial score (nSPS) is 29.6. The molecule has 0 bridgehead atoms. The molecule has 1 aromatic rings. The van der Waals surface area contributed by atoms with Crippen LogP contribution in [0, 0.1) is 34.5 Å². The van der Waals surface area contributed by atoms with Crippen molar-refractivity contribution in [3.63, 3.8) is 0 Å². The van der Waals surface area contributed by atoms with Crippen LogP contribution in [0.4, 0.5) is 0 Å². The topological polar surface area (TPSA) is 120 Å². The van der Waals surface area contributed by atoms with Crippen LogP contribution >= 0.6 is 0 Å². The van der Waals surface area contributed by atoms with Gasteiger partial charge in [-0.05, 0) is 90.2 Å². The van der Waals surface area contributed by atoms with Gasteiger partial charge < -0.3 is 15.6 Å². The Labute approximate surface area is 266 Å². The van der Waals surface area contributed by atoms with Crippen molar-refractivity contribution in [1.29, 1.82) is 0 Å². The van der Waals surface area contributed by atoms with Gasteiger partial charge in [0.25, 0.3) is 6.47 Å². The van der Waals surface area contributed by atoms with Gasteiger partial charge in [0, 0.05) is 25.2 Å². The highest BCUT2D eigenvalue weighted by molar-refractivity contribution is 5.80. The van der Waals surface area contributed by atoms with Gasteiger partial charge in [-0.2, -0.15) is 0 Å². The third-order valence-electron chi connectivity index (χ3n) is 10.4. The zero-order valence-electron chi connectivity index (χ0n) is 28.3. The van der Waals surface area contributed by atoms with Gasteiger partial charge in [-0.3, -0.25) is 19.4 Å². The Kier molecular flexibility index (Phi) is 14.8. The van der Waals surface area contributed by atoms with Crippen LogP contribution in [0.1, 0.15) is 125 Å². The number of nitrogens with zero attached hydrogens (tertiary/aromatic N) is 1. The molecule has 246 valence electrons. The molecule has 5 rings (SSSR count). The minimum absolute atomic E-state index is 0.0605. The van der Waals surface area contributed by atoms with Gasteiger partial charge in [-0.25, -0.2) is 0 Å². The number of hydrogen-bond donors (Lipinski definition) is 2. The molecule has 7 heteroatoms. The van der Waals surface area contributed by atoms with Crippen molar-refractivity contribution in [2.24, 2.45) is 40.2 Å². The zero-order valence-corrected chi connectivity index (χ0v) is 28.3. The highest BCUT2D eigenvalue weighted by Crippen LogP contribution is 2.66. The van der Waals surface area contributed by atoms with Crippen molar-refractivity contribution in [3.8, 4) is 0 Å². The number of fused-ring (bicyclic) bond motifs is 5. The molecule has 0 spiro atoms. The second kappa shape index (κ2) is 17.5. The van der Waals surface area contributed by atoms with E-state index in [-0.39, 0.29) is 42.2 Å². The molecular formula is C37H58N2O5. The van der Waals surface area contributed by atoms with Gasteiger partial charge in [-0.1, -0.05) is 85.1 Å². The number of ether oxygens (including phenoxy) is 1. The van der Waals surface area contributed by atoms with Crippen molar-refractivity contribution in [1.82, 2.24) is 4.98 Å². The van der Waals surface area contributed by atoms with E-state index in [1.165, 1.54) is 48.8 Å². The molecule has 0 aliphatic heterocycles. The summed E-state index contributed by atoms with van der Waals surface area (Å²) in [7, 11) is 0. The molecule has 2 saturated carbocycles. The monoisotopic (exact) mass is 610 g/mol. The molecule has 4 aliphatic rings. The fourth-order valence-electron chi connectivity index (χ4n) is 8.31. The molecule has 7 nitrogen and oxygen atoms in total. The fourth-order valence-corrected chi connectivity index (χ4v) is 8.31. The van der Waals surface area contributed by atoms with Crippen LogP contribution in [-0.2, 0) is 19.1 Å². The van der Waals surface area contributed by atoms with Crippen molar-refractivity contribution < 1.29 is 24.2 Å². The van der Waals surface area contributed by atoms with E-state index in [4.69, 9.17) is 20.4 Å². The number of carbonyl (C=O) groups excluding carboxylic acids is 2. The quantitative estimate of drug-likeness (QED) is 0.182. The Balaban J connectivity index is 0.000000535. The molecule has 4 aliphatic carbocycles. The Morgan fingerprint density at radius 1 is 1.09 bits per heavy atom. The highest BCUT2D eigenvalue weighted by atomic mass is 16.5. The Morgan fingerprint density at radius 2 is 1.77 bits per heavy atom. The van der Waals surface area contributed by atoms with E-state index in [0.29, 0.717) is 17.8 Å². The van der Waals surface area contributed by atoms with Crippen LogP contribution < -0.4 is 5.73 Å². The average Bonchev–Trinajstić information content (AvgIpc) is 3.36. The Bertz CT molecular complexity index is 1130. The Morgan fingerprint density at radius 3 is 2.34 bits per heavy atom. The van der Waals surface area contributed by atoms with Crippen molar-refractivity contribution in [2.45, 2.75) is 125 Å². The standard InChI is InChI=1S/C28H36N2O3.C6H14.C2H6.CH2O2/c1-27-13-11-20(33-26(32)10-9-25(29)31)16-19(27)5-6-21-23-8-7-22(18-4-3-15-30-17-18)28(23,2)14-12-24(21)27;1-4-5-6(2)3;1-2;2-1-3/h3-5,7,15,17,20-21,23-24H,6,8-14,16H2,1-2H3,(H2,29,31);6H,4-5H2,1-3H3;1-2H3;1H,(H,2,3). The summed E-state index contributed by atoms with van der Waals surface area (Å²) in [6.45, 7) is 15.4. The number of carbonyl (C=O) groups is 3. The minimum atomic E-state index is -0.457. The van der Waals surface area contributed by atoms with Crippen LogP contribution in [-0.4, -0.2) is 34.5 Å². The van der Waals surface area contributed by atoms with Gasteiger partial charge in [0.15, 0.2) is 0 Å². The summed E-state index contributed by atoms with van der Waals surface area (Å²) in [6, 6.07) is 4.26. The minimum Gasteiger partial charge on any atom is -0.483 e. The van der Waals surface area contributed by atoms with Crippen LogP contribution in [0.25, 0.3) is 5.57 Å². The number of nitrogens with two attached hydrogens (primary N) is 1. The lowest BCUT2D eigenvalue weighted by Crippen LogP contribution is -2.50. The second-order valence-electron chi connectivity index (χ2n) is 13.4. The first-order valence-electron chi connectivity index (χ1n) is 16.9. The molecule has 1 aromatic heterocycles. The van der Waals surface area contributed by atoms with Crippen LogP contribution in [0.3, 0.4) is 0 Å². The first kappa shape index (κ1) is 37.2. The highest BCUT2D eigenvalue weighted by Gasteiger charge is 2.57. The zero-order chi connectivity index (χ0) is 32.9. The molecule has 0 aromatic carbocycles. The summed E-state index contributed by atoms with van der Waals surface area (Å²) in [5, 5.41) is 6.89. The van der Waals surface area contributed by atoms with Gasteiger partial charge in [-0.15, -0.1) is 0 Å². The van der Waals surface area contributed by atoms with Crippen LogP contribution in [0.15, 0.2) is 42.3 Å². The molecular weight excluding hydrogens is 552 g/mol. The maximum Gasteiger partial charge on any atom is 0.306 e. The molecule has 6 atom stereocenters. The number of primary amides is 1. The van der Waals surface area contributed by atoms with Crippen molar-refractivity contribution in [2.75, 3.05) is 0 Å². The van der Waals surface area contributed by atoms with E-state index < -0.39 is 5.91 Å². The van der Waals surface area contributed by atoms with E-state index in [1.807, 2.05) is 32.3 Å². The van der Waals surface area contributed by atoms with Crippen molar-refractivity contribution >= 4 is 23.9 Å². The average molecular weight is 611 g/mol. The van der Waals surface area contributed by atoms with Crippen LogP contribution in [0.2, 0.25) is 0 Å². The summed E-state index contributed by atoms with van der Waals surface area (Å²) < 4.78 is 5.72. The Hall–Kier alpha value is -2.96. The van der Waals surface area contributed by atoms with Gasteiger partial charge in [0.2, 0.25) is 5.91 Å². The van der Waals surface area contributed by atoms with E-state index >= 15 is 0 Å². The molecule has 44 heavy (non-hydrogen) atoms. The molecule has 6 unspecified atom stereocenters. The first-order chi connectivity index (χ1) is 21.0. The smallest absolute Gasteiger partial charge is 0.306 e.